The number of nitrogens with two attached hydrogens (primary N) is 1. The molecule has 1 aromatic carbocycles. The Labute approximate surface area is 168 Å². The fourth-order valence-corrected chi connectivity index (χ4v) is 3.33. The lowest BCUT2D eigenvalue weighted by Gasteiger charge is -2.18. The number of carbonyl (C=O) groups excluding carboxylic acids is 2. The van der Waals surface area contributed by atoms with Crippen molar-refractivity contribution in [3.05, 3.63) is 24.1 Å². The minimum absolute atomic E-state index is 0.0472. The number of halogens is 3. The van der Waals surface area contributed by atoms with Crippen molar-refractivity contribution in [2.24, 2.45) is 5.73 Å². The number of fused-ring (bicyclic) bond motifs is 3. The normalized spacial score (nSPS) is 18.9. The molecule has 0 saturated carbocycles. The molecule has 2 amide bonds. The largest absolute Gasteiger partial charge is 0.491 e. The molecule has 4 rings (SSSR count). The number of primary amides is 1. The molecule has 30 heavy (non-hydrogen) atoms. The van der Waals surface area contributed by atoms with Crippen molar-refractivity contribution in [3.8, 4) is 17.1 Å². The third-order valence-electron chi connectivity index (χ3n) is 4.92. The SMILES string of the molecule is C[C@H](Nc1ccc2c(c1)OCCn1c-2nc(N2C(=O)OCC2C(F)F)c1F)C(N)=O. The first kappa shape index (κ1) is 19.9. The van der Waals surface area contributed by atoms with Crippen molar-refractivity contribution in [1.82, 2.24) is 9.55 Å². The van der Waals surface area contributed by atoms with E-state index in [9.17, 15) is 18.4 Å². The molecule has 1 unspecified atom stereocenters. The number of ether oxygens (including phenoxy) is 2. The Balaban J connectivity index is 1.74. The van der Waals surface area contributed by atoms with Crippen LogP contribution in [0.2, 0.25) is 0 Å². The molecular weight excluding hydrogens is 407 g/mol. The monoisotopic (exact) mass is 425 g/mol. The van der Waals surface area contributed by atoms with Crippen LogP contribution in [-0.4, -0.2) is 53.3 Å². The van der Waals surface area contributed by atoms with E-state index in [1.165, 1.54) is 0 Å². The van der Waals surface area contributed by atoms with E-state index in [4.69, 9.17) is 10.5 Å². The van der Waals surface area contributed by atoms with Gasteiger partial charge >= 0.3 is 6.09 Å². The summed E-state index contributed by atoms with van der Waals surface area (Å²) in [4.78, 5) is 27.9. The Bertz CT molecular complexity index is 1010. The Morgan fingerprint density at radius 2 is 2.13 bits per heavy atom. The highest BCUT2D eigenvalue weighted by Crippen LogP contribution is 2.38. The molecule has 9 nitrogen and oxygen atoms in total. The van der Waals surface area contributed by atoms with Crippen LogP contribution < -0.4 is 20.7 Å². The molecule has 0 spiro atoms. The standard InChI is InChI=1S/C18H18F3N5O4/c1-8(15(22)27)23-9-2-3-10-12(6-9)29-5-4-25-14(21)17(24-16(10)25)26-11(13(19)20)7-30-18(26)28/h2-3,6,8,11,13,23H,4-5,7H2,1H3,(H2,22,27)/t8-,11?/m0/s1. The Hall–Kier alpha value is -3.44. The number of amides is 2. The lowest BCUT2D eigenvalue weighted by atomic mass is 10.1. The zero-order valence-electron chi connectivity index (χ0n) is 15.8. The van der Waals surface area contributed by atoms with Gasteiger partial charge in [0.05, 0.1) is 12.1 Å². The van der Waals surface area contributed by atoms with Gasteiger partial charge in [0.1, 0.15) is 36.9 Å². The summed E-state index contributed by atoms with van der Waals surface area (Å²) in [7, 11) is 0. The summed E-state index contributed by atoms with van der Waals surface area (Å²) in [5.41, 5.74) is 6.19. The molecule has 1 fully saturated rings. The van der Waals surface area contributed by atoms with Gasteiger partial charge in [0.2, 0.25) is 11.9 Å². The lowest BCUT2D eigenvalue weighted by Crippen LogP contribution is -2.39. The number of imidazole rings is 1. The summed E-state index contributed by atoms with van der Waals surface area (Å²) in [6, 6.07) is 2.56. The molecule has 160 valence electrons. The van der Waals surface area contributed by atoms with Gasteiger partial charge in [0, 0.05) is 11.8 Å². The van der Waals surface area contributed by atoms with E-state index in [2.05, 4.69) is 15.0 Å². The molecule has 2 atom stereocenters. The van der Waals surface area contributed by atoms with Crippen LogP contribution in [0.4, 0.5) is 29.5 Å². The summed E-state index contributed by atoms with van der Waals surface area (Å²) < 4.78 is 53.1. The molecule has 2 aliphatic rings. The minimum Gasteiger partial charge on any atom is -0.491 e. The second kappa shape index (κ2) is 7.43. The number of aromatic nitrogens is 2. The second-order valence-corrected chi connectivity index (χ2v) is 6.88. The van der Waals surface area contributed by atoms with Crippen LogP contribution in [0.5, 0.6) is 5.75 Å². The maximum atomic E-state index is 15.1. The minimum atomic E-state index is -2.92. The Morgan fingerprint density at radius 1 is 1.37 bits per heavy atom. The van der Waals surface area contributed by atoms with E-state index >= 15 is 4.39 Å². The van der Waals surface area contributed by atoms with Crippen molar-refractivity contribution in [1.29, 1.82) is 0 Å². The van der Waals surface area contributed by atoms with Crippen LogP contribution in [0.3, 0.4) is 0 Å². The first-order valence-corrected chi connectivity index (χ1v) is 9.11. The lowest BCUT2D eigenvalue weighted by molar-refractivity contribution is -0.118. The summed E-state index contributed by atoms with van der Waals surface area (Å²) in [5.74, 6) is -1.52. The number of benzene rings is 1. The number of alkyl halides is 2. The van der Waals surface area contributed by atoms with Gasteiger partial charge in [-0.2, -0.15) is 4.39 Å². The van der Waals surface area contributed by atoms with Gasteiger partial charge in [-0.1, -0.05) is 0 Å². The molecule has 12 heteroatoms. The first-order valence-electron chi connectivity index (χ1n) is 9.11. The highest BCUT2D eigenvalue weighted by atomic mass is 19.3. The number of hydrogen-bond acceptors (Lipinski definition) is 6. The van der Waals surface area contributed by atoms with Crippen molar-refractivity contribution in [3.63, 3.8) is 0 Å². The zero-order chi connectivity index (χ0) is 21.6. The van der Waals surface area contributed by atoms with Gasteiger partial charge in [-0.3, -0.25) is 9.36 Å². The Kier molecular flexibility index (Phi) is 4.92. The number of carbonyl (C=O) groups is 2. The quantitative estimate of drug-likeness (QED) is 0.758. The molecule has 0 bridgehead atoms. The number of nitrogens with one attached hydrogen (secondary N) is 1. The van der Waals surface area contributed by atoms with E-state index < -0.39 is 48.9 Å². The number of anilines is 2. The predicted molar refractivity (Wildman–Crippen MR) is 99.0 cm³/mol. The molecule has 3 heterocycles. The van der Waals surface area contributed by atoms with Gasteiger partial charge in [-0.05, 0) is 19.1 Å². The molecule has 1 saturated heterocycles. The number of rotatable bonds is 5. The van der Waals surface area contributed by atoms with Crippen molar-refractivity contribution < 1.29 is 32.2 Å². The summed E-state index contributed by atoms with van der Waals surface area (Å²) in [6.07, 6.45) is -4.00. The van der Waals surface area contributed by atoms with E-state index in [0.29, 0.717) is 21.9 Å². The van der Waals surface area contributed by atoms with Gasteiger partial charge in [0.15, 0.2) is 5.82 Å². The van der Waals surface area contributed by atoms with Gasteiger partial charge in [0.25, 0.3) is 6.43 Å². The molecular formula is C18H18F3N5O4. The van der Waals surface area contributed by atoms with Crippen LogP contribution in [0.15, 0.2) is 18.2 Å². The van der Waals surface area contributed by atoms with Crippen LogP contribution in [-0.2, 0) is 16.1 Å². The van der Waals surface area contributed by atoms with E-state index in [1.54, 1.807) is 25.1 Å². The summed E-state index contributed by atoms with van der Waals surface area (Å²) >= 11 is 0. The van der Waals surface area contributed by atoms with Crippen molar-refractivity contribution in [2.75, 3.05) is 23.4 Å². The maximum absolute atomic E-state index is 15.1. The molecule has 2 aliphatic heterocycles. The highest BCUT2D eigenvalue weighted by Gasteiger charge is 2.44. The predicted octanol–water partition coefficient (Wildman–Crippen LogP) is 1.96. The van der Waals surface area contributed by atoms with Crippen LogP contribution in [0, 0.1) is 5.95 Å². The van der Waals surface area contributed by atoms with Crippen molar-refractivity contribution in [2.45, 2.75) is 32.0 Å². The summed E-state index contributed by atoms with van der Waals surface area (Å²) in [5, 5.41) is 2.91. The topological polar surface area (TPSA) is 112 Å². The number of cyclic esters (lactones) is 1. The van der Waals surface area contributed by atoms with Crippen LogP contribution in [0.25, 0.3) is 11.4 Å². The smallest absolute Gasteiger partial charge is 0.416 e. The van der Waals surface area contributed by atoms with E-state index in [0.717, 1.165) is 4.57 Å². The zero-order valence-corrected chi connectivity index (χ0v) is 15.8. The fraction of sp³-hybridized carbons (Fsp3) is 0.389. The first-order chi connectivity index (χ1) is 14.3. The molecule has 3 N–H and O–H groups in total. The van der Waals surface area contributed by atoms with Crippen LogP contribution >= 0.6 is 0 Å². The van der Waals surface area contributed by atoms with Gasteiger partial charge in [-0.15, -0.1) is 0 Å². The van der Waals surface area contributed by atoms with Gasteiger partial charge < -0.3 is 20.5 Å². The molecule has 1 aromatic heterocycles. The molecule has 0 aliphatic carbocycles. The third kappa shape index (κ3) is 3.27. The van der Waals surface area contributed by atoms with Crippen LogP contribution in [0.1, 0.15) is 6.92 Å². The average Bonchev–Trinajstić information content (AvgIpc) is 3.16. The van der Waals surface area contributed by atoms with Gasteiger partial charge in [-0.25, -0.2) is 23.5 Å². The highest BCUT2D eigenvalue weighted by molar-refractivity contribution is 5.90. The Morgan fingerprint density at radius 3 is 2.83 bits per heavy atom. The molecule has 2 aromatic rings. The molecule has 0 radical (unpaired) electrons. The number of hydrogen-bond donors (Lipinski definition) is 2. The summed E-state index contributed by atoms with van der Waals surface area (Å²) in [6.45, 7) is 1.17. The third-order valence-corrected chi connectivity index (χ3v) is 4.92. The maximum Gasteiger partial charge on any atom is 0.416 e. The number of nitrogens with zero attached hydrogens (tertiary/aromatic N) is 3. The fourth-order valence-electron chi connectivity index (χ4n) is 3.33. The van der Waals surface area contributed by atoms with E-state index in [1.807, 2.05) is 0 Å². The van der Waals surface area contributed by atoms with E-state index in [-0.39, 0.29) is 19.0 Å². The van der Waals surface area contributed by atoms with Crippen molar-refractivity contribution >= 4 is 23.5 Å². The average molecular weight is 425 g/mol. The second-order valence-electron chi connectivity index (χ2n) is 6.88.